The molecule has 0 unspecified atom stereocenters. The van der Waals surface area contributed by atoms with E-state index >= 15 is 0 Å². The van der Waals surface area contributed by atoms with Crippen LogP contribution in [0.1, 0.15) is 0 Å². The lowest BCUT2D eigenvalue weighted by atomic mass is 9.92. The van der Waals surface area contributed by atoms with Gasteiger partial charge < -0.3 is 9.32 Å². The van der Waals surface area contributed by atoms with Gasteiger partial charge in [0.2, 0.25) is 0 Å². The minimum atomic E-state index is 0.866. The van der Waals surface area contributed by atoms with Crippen molar-refractivity contribution in [1.29, 1.82) is 0 Å². The molecule has 0 saturated heterocycles. The first-order valence-electron chi connectivity index (χ1n) is 21.3. The summed E-state index contributed by atoms with van der Waals surface area (Å²) < 4.78 is 6.74. The predicted octanol–water partition coefficient (Wildman–Crippen LogP) is 17.3. The van der Waals surface area contributed by atoms with Crippen LogP contribution in [0.2, 0.25) is 0 Å². The third kappa shape index (κ3) is 5.44. The summed E-state index contributed by atoms with van der Waals surface area (Å²) in [4.78, 5) is 2.40. The number of anilines is 3. The molecule has 0 atom stereocenters. The molecule has 13 rings (SSSR count). The van der Waals surface area contributed by atoms with Crippen LogP contribution in [0.15, 0.2) is 229 Å². The van der Waals surface area contributed by atoms with Crippen LogP contribution in [-0.2, 0) is 0 Å². The number of furan rings is 1. The van der Waals surface area contributed by atoms with E-state index in [1.807, 2.05) is 0 Å². The number of hydrogen-bond donors (Lipinski definition) is 0. The van der Waals surface area contributed by atoms with E-state index in [9.17, 15) is 0 Å². The van der Waals surface area contributed by atoms with Gasteiger partial charge in [0.05, 0.1) is 11.1 Å². The molecule has 0 amide bonds. The fraction of sp³-hybridized carbons (Fsp3) is 0. The molecule has 0 saturated carbocycles. The molecule has 1 heterocycles. The van der Waals surface area contributed by atoms with E-state index in [0.717, 1.165) is 44.4 Å². The first-order valence-corrected chi connectivity index (χ1v) is 21.3. The molecule has 0 aliphatic heterocycles. The molecule has 12 aromatic carbocycles. The average molecular weight is 788 g/mol. The number of hydrogen-bond acceptors (Lipinski definition) is 2. The first kappa shape index (κ1) is 34.6. The topological polar surface area (TPSA) is 16.4 Å². The molecule has 2 heteroatoms. The quantitative estimate of drug-likeness (QED) is 0.162. The maximum Gasteiger partial charge on any atom is 0.143 e. The van der Waals surface area contributed by atoms with Crippen molar-refractivity contribution < 1.29 is 4.42 Å². The van der Waals surface area contributed by atoms with E-state index in [4.69, 9.17) is 4.42 Å². The summed E-state index contributed by atoms with van der Waals surface area (Å²) in [6.07, 6.45) is 0. The van der Waals surface area contributed by atoms with Crippen molar-refractivity contribution in [3.63, 3.8) is 0 Å². The number of rotatable bonds is 5. The molecule has 0 bridgehead atoms. The number of fused-ring (bicyclic) bond motifs is 12. The summed E-state index contributed by atoms with van der Waals surface area (Å²) in [5.41, 5.74) is 9.80. The lowest BCUT2D eigenvalue weighted by Gasteiger charge is -2.27. The maximum atomic E-state index is 6.74. The molecule has 1 aromatic heterocycles. The number of nitrogens with zero attached hydrogens (tertiary/aromatic N) is 1. The van der Waals surface area contributed by atoms with E-state index < -0.39 is 0 Å². The highest BCUT2D eigenvalue weighted by atomic mass is 16.3. The van der Waals surface area contributed by atoms with E-state index in [1.165, 1.54) is 81.5 Å². The van der Waals surface area contributed by atoms with Gasteiger partial charge in [-0.1, -0.05) is 164 Å². The van der Waals surface area contributed by atoms with Gasteiger partial charge in [0.15, 0.2) is 0 Å². The molecule has 0 radical (unpaired) electrons. The Labute approximate surface area is 358 Å². The van der Waals surface area contributed by atoms with Crippen molar-refractivity contribution in [3.8, 4) is 22.3 Å². The van der Waals surface area contributed by atoms with E-state index in [0.29, 0.717) is 0 Å². The lowest BCUT2D eigenvalue weighted by Crippen LogP contribution is -2.10. The maximum absolute atomic E-state index is 6.74. The van der Waals surface area contributed by atoms with Crippen LogP contribution in [0.5, 0.6) is 0 Å². The highest BCUT2D eigenvalue weighted by molar-refractivity contribution is 6.20. The molecule has 13 aromatic rings. The van der Waals surface area contributed by atoms with Crippen LogP contribution in [0.3, 0.4) is 0 Å². The fourth-order valence-corrected chi connectivity index (χ4v) is 9.97. The molecule has 2 nitrogen and oxygen atoms in total. The van der Waals surface area contributed by atoms with Crippen LogP contribution >= 0.6 is 0 Å². The number of benzene rings is 12. The Morgan fingerprint density at radius 1 is 0.290 bits per heavy atom. The summed E-state index contributed by atoms with van der Waals surface area (Å²) >= 11 is 0. The molecule has 62 heavy (non-hydrogen) atoms. The van der Waals surface area contributed by atoms with Crippen molar-refractivity contribution in [2.75, 3.05) is 4.90 Å². The van der Waals surface area contributed by atoms with Gasteiger partial charge in [0.25, 0.3) is 0 Å². The Morgan fingerprint density at radius 3 is 1.69 bits per heavy atom. The van der Waals surface area contributed by atoms with Crippen molar-refractivity contribution in [2.24, 2.45) is 0 Å². The average Bonchev–Trinajstić information content (AvgIpc) is 3.74. The van der Waals surface area contributed by atoms with Crippen molar-refractivity contribution in [3.05, 3.63) is 224 Å². The standard InChI is InChI=1S/C60H37NO/c1-4-13-49-40(10-1)21-22-42-23-24-43(36-55(42)49)38-26-30-47(31-27-38)61(57-18-9-19-58-59(57)54-33-29-41-11-2-6-15-51(41)60(54)62-58)48-32-28-39-20-25-45(34-46(39)35-48)56-37-44-12-3-5-14-50(44)52-16-7-8-17-53(52)56/h1-37H. The Kier molecular flexibility index (Phi) is 7.64. The van der Waals surface area contributed by atoms with Gasteiger partial charge in [-0.3, -0.25) is 0 Å². The van der Waals surface area contributed by atoms with Gasteiger partial charge in [0.1, 0.15) is 11.2 Å². The third-order valence-corrected chi connectivity index (χ3v) is 13.0. The lowest BCUT2D eigenvalue weighted by molar-refractivity contribution is 0.672. The SMILES string of the molecule is c1ccc2c(c1)ccc1ccc(-c3ccc(N(c4ccc5ccc(-c6cc7ccccc7c7ccccc67)cc5c4)c4cccc5oc6c7ccccc7ccc6c45)cc3)cc12. The minimum Gasteiger partial charge on any atom is -0.455 e. The molecule has 0 N–H and O–H groups in total. The Balaban J connectivity index is 0.999. The molecular formula is C60H37NO. The monoisotopic (exact) mass is 787 g/mol. The molecule has 0 spiro atoms. The summed E-state index contributed by atoms with van der Waals surface area (Å²) in [7, 11) is 0. The highest BCUT2D eigenvalue weighted by Gasteiger charge is 2.21. The van der Waals surface area contributed by atoms with Gasteiger partial charge in [-0.25, -0.2) is 0 Å². The summed E-state index contributed by atoms with van der Waals surface area (Å²) in [6, 6.07) is 81.9. The van der Waals surface area contributed by atoms with Gasteiger partial charge in [0, 0.05) is 22.1 Å². The van der Waals surface area contributed by atoms with Gasteiger partial charge in [-0.05, 0) is 142 Å². The second-order valence-electron chi connectivity index (χ2n) is 16.5. The largest absolute Gasteiger partial charge is 0.455 e. The zero-order valence-electron chi connectivity index (χ0n) is 33.7. The van der Waals surface area contributed by atoms with Crippen LogP contribution in [0, 0.1) is 0 Å². The van der Waals surface area contributed by atoms with Crippen molar-refractivity contribution >= 4 is 104 Å². The first-order chi connectivity index (χ1) is 30.7. The van der Waals surface area contributed by atoms with Crippen LogP contribution in [0.4, 0.5) is 17.1 Å². The second-order valence-corrected chi connectivity index (χ2v) is 16.5. The predicted molar refractivity (Wildman–Crippen MR) is 264 cm³/mol. The highest BCUT2D eigenvalue weighted by Crippen LogP contribution is 2.46. The molecular weight excluding hydrogens is 751 g/mol. The van der Waals surface area contributed by atoms with Crippen LogP contribution in [-0.4, -0.2) is 0 Å². The zero-order chi connectivity index (χ0) is 40.7. The van der Waals surface area contributed by atoms with E-state index in [-0.39, 0.29) is 0 Å². The Morgan fingerprint density at radius 2 is 0.871 bits per heavy atom. The second kappa shape index (κ2) is 13.7. The fourth-order valence-electron chi connectivity index (χ4n) is 9.97. The smallest absolute Gasteiger partial charge is 0.143 e. The summed E-state index contributed by atoms with van der Waals surface area (Å²) in [6.45, 7) is 0. The van der Waals surface area contributed by atoms with Crippen molar-refractivity contribution in [1.82, 2.24) is 0 Å². The zero-order valence-corrected chi connectivity index (χ0v) is 33.7. The Bertz CT molecular complexity index is 3930. The molecule has 0 aliphatic rings. The third-order valence-electron chi connectivity index (χ3n) is 13.0. The van der Waals surface area contributed by atoms with Gasteiger partial charge >= 0.3 is 0 Å². The van der Waals surface area contributed by atoms with Gasteiger partial charge in [-0.2, -0.15) is 0 Å². The minimum absolute atomic E-state index is 0.866. The summed E-state index contributed by atoms with van der Waals surface area (Å²) in [5, 5.41) is 16.9. The van der Waals surface area contributed by atoms with Gasteiger partial charge in [-0.15, -0.1) is 0 Å². The Hall–Kier alpha value is -8.20. The normalized spacial score (nSPS) is 11.9. The molecule has 288 valence electrons. The van der Waals surface area contributed by atoms with Crippen LogP contribution in [0.25, 0.3) is 109 Å². The summed E-state index contributed by atoms with van der Waals surface area (Å²) in [5.74, 6) is 0. The van der Waals surface area contributed by atoms with Crippen LogP contribution < -0.4 is 4.90 Å². The molecule has 0 aliphatic carbocycles. The van der Waals surface area contributed by atoms with Crippen molar-refractivity contribution in [2.45, 2.75) is 0 Å². The molecule has 0 fully saturated rings. The van der Waals surface area contributed by atoms with E-state index in [2.05, 4.69) is 229 Å². The van der Waals surface area contributed by atoms with E-state index in [1.54, 1.807) is 0 Å².